The molecule has 1 saturated carbocycles. The second-order valence-electron chi connectivity index (χ2n) is 8.47. The van der Waals surface area contributed by atoms with E-state index in [0.29, 0.717) is 17.3 Å². The van der Waals surface area contributed by atoms with E-state index < -0.39 is 6.10 Å². The fourth-order valence-electron chi connectivity index (χ4n) is 4.49. The number of pyridine rings is 1. The summed E-state index contributed by atoms with van der Waals surface area (Å²) in [5.41, 5.74) is 2.80. The van der Waals surface area contributed by atoms with Crippen molar-refractivity contribution in [1.82, 2.24) is 20.3 Å². The number of carbonyl (C=O) groups is 1. The van der Waals surface area contributed by atoms with Crippen LogP contribution in [0, 0.1) is 0 Å². The Labute approximate surface area is 183 Å². The van der Waals surface area contributed by atoms with E-state index in [1.807, 2.05) is 18.0 Å². The predicted octanol–water partition coefficient (Wildman–Crippen LogP) is 2.28. The summed E-state index contributed by atoms with van der Waals surface area (Å²) in [7, 11) is 3.50. The number of hydrogen-bond acceptors (Lipinski definition) is 7. The number of carbonyl (C=O) groups excluding carboxylic acids is 1. The van der Waals surface area contributed by atoms with Gasteiger partial charge in [-0.15, -0.1) is 0 Å². The monoisotopic (exact) mass is 425 g/mol. The number of fused-ring (bicyclic) bond motifs is 1. The molecule has 2 atom stereocenters. The third kappa shape index (κ3) is 4.95. The van der Waals surface area contributed by atoms with Gasteiger partial charge in [0.2, 0.25) is 5.91 Å². The fourth-order valence-corrected chi connectivity index (χ4v) is 4.49. The van der Waals surface area contributed by atoms with E-state index in [9.17, 15) is 9.90 Å². The lowest BCUT2D eigenvalue weighted by atomic mass is 9.92. The molecule has 166 valence electrons. The zero-order valence-electron chi connectivity index (χ0n) is 18.3. The van der Waals surface area contributed by atoms with Crippen LogP contribution in [0.3, 0.4) is 0 Å². The molecular formula is C23H31N5O3. The molecular weight excluding hydrogens is 394 g/mol. The van der Waals surface area contributed by atoms with Crippen molar-refractivity contribution in [3.63, 3.8) is 0 Å². The van der Waals surface area contributed by atoms with Crippen molar-refractivity contribution in [2.24, 2.45) is 0 Å². The van der Waals surface area contributed by atoms with E-state index in [1.165, 1.54) is 0 Å². The summed E-state index contributed by atoms with van der Waals surface area (Å²) < 4.78 is 5.32. The van der Waals surface area contributed by atoms with Crippen LogP contribution in [0.5, 0.6) is 5.75 Å². The number of aryl methyl sites for hydroxylation is 1. The van der Waals surface area contributed by atoms with Crippen LogP contribution in [0.25, 0.3) is 11.5 Å². The second-order valence-corrected chi connectivity index (χ2v) is 8.47. The van der Waals surface area contributed by atoms with Gasteiger partial charge in [0.25, 0.3) is 0 Å². The molecule has 1 amide bonds. The van der Waals surface area contributed by atoms with Crippen molar-refractivity contribution in [3.05, 3.63) is 29.6 Å². The van der Waals surface area contributed by atoms with E-state index in [-0.39, 0.29) is 18.5 Å². The standard InChI is InChI=1S/C23H31N5O3/c1-28(14-21(30)25-18-9-5-6-10-20(18)29)23-16-7-3-4-8-17(16)26-22(27-23)19-13-15(31-2)11-12-24-19/h11-13,18,20,29H,3-10,14H2,1-2H3,(H,25,30)/t18-,20+/m1/s1. The number of anilines is 1. The number of aliphatic hydroxyl groups is 1. The van der Waals surface area contributed by atoms with Crippen molar-refractivity contribution in [2.45, 2.75) is 63.5 Å². The van der Waals surface area contributed by atoms with Crippen molar-refractivity contribution in [1.29, 1.82) is 0 Å². The Kier molecular flexibility index (Phi) is 6.65. The molecule has 1 fully saturated rings. The molecule has 31 heavy (non-hydrogen) atoms. The number of rotatable bonds is 6. The van der Waals surface area contributed by atoms with Crippen LogP contribution in [0.2, 0.25) is 0 Å². The van der Waals surface area contributed by atoms with Gasteiger partial charge in [-0.25, -0.2) is 9.97 Å². The zero-order chi connectivity index (χ0) is 21.8. The average Bonchev–Trinajstić information content (AvgIpc) is 2.79. The zero-order valence-corrected chi connectivity index (χ0v) is 18.3. The first-order valence-electron chi connectivity index (χ1n) is 11.1. The number of methoxy groups -OCH3 is 1. The molecule has 2 aromatic rings. The maximum atomic E-state index is 12.7. The Balaban J connectivity index is 1.57. The number of nitrogens with one attached hydrogen (secondary N) is 1. The number of hydrogen-bond donors (Lipinski definition) is 2. The van der Waals surface area contributed by atoms with Gasteiger partial charge in [0.05, 0.1) is 25.8 Å². The van der Waals surface area contributed by atoms with Crippen molar-refractivity contribution in [2.75, 3.05) is 25.6 Å². The average molecular weight is 426 g/mol. The summed E-state index contributed by atoms with van der Waals surface area (Å²) in [6.07, 6.45) is 8.84. The van der Waals surface area contributed by atoms with Gasteiger partial charge in [-0.2, -0.15) is 0 Å². The number of nitrogens with zero attached hydrogens (tertiary/aromatic N) is 4. The van der Waals surface area contributed by atoms with Gasteiger partial charge in [-0.05, 0) is 44.6 Å². The molecule has 2 aliphatic carbocycles. The van der Waals surface area contributed by atoms with E-state index in [0.717, 1.165) is 68.4 Å². The first-order chi connectivity index (χ1) is 15.0. The van der Waals surface area contributed by atoms with E-state index >= 15 is 0 Å². The highest BCUT2D eigenvalue weighted by Gasteiger charge is 2.26. The lowest BCUT2D eigenvalue weighted by Crippen LogP contribution is -2.48. The number of ether oxygens (including phenoxy) is 1. The minimum absolute atomic E-state index is 0.0994. The van der Waals surface area contributed by atoms with E-state index in [2.05, 4.69) is 10.3 Å². The summed E-state index contributed by atoms with van der Waals surface area (Å²) in [6, 6.07) is 3.45. The Morgan fingerprint density at radius 1 is 1.23 bits per heavy atom. The highest BCUT2D eigenvalue weighted by atomic mass is 16.5. The summed E-state index contributed by atoms with van der Waals surface area (Å²) in [5, 5.41) is 13.2. The number of aromatic nitrogens is 3. The molecule has 0 aromatic carbocycles. The first-order valence-corrected chi connectivity index (χ1v) is 11.1. The van der Waals surface area contributed by atoms with Gasteiger partial charge in [0.15, 0.2) is 5.82 Å². The lowest BCUT2D eigenvalue weighted by Gasteiger charge is -2.30. The van der Waals surface area contributed by atoms with Gasteiger partial charge >= 0.3 is 0 Å². The fraction of sp³-hybridized carbons (Fsp3) is 0.565. The van der Waals surface area contributed by atoms with Gasteiger partial charge in [-0.3, -0.25) is 9.78 Å². The highest BCUT2D eigenvalue weighted by Crippen LogP contribution is 2.30. The van der Waals surface area contributed by atoms with E-state index in [1.54, 1.807) is 19.4 Å². The van der Waals surface area contributed by atoms with E-state index in [4.69, 9.17) is 14.7 Å². The number of aliphatic hydroxyl groups excluding tert-OH is 1. The third-order valence-corrected chi connectivity index (χ3v) is 6.18. The first kappa shape index (κ1) is 21.5. The van der Waals surface area contributed by atoms with Gasteiger partial charge in [0.1, 0.15) is 17.3 Å². The summed E-state index contributed by atoms with van der Waals surface area (Å²) in [5.74, 6) is 1.93. The molecule has 0 aliphatic heterocycles. The van der Waals surface area contributed by atoms with Crippen molar-refractivity contribution >= 4 is 11.7 Å². The topological polar surface area (TPSA) is 100 Å². The highest BCUT2D eigenvalue weighted by molar-refractivity contribution is 5.81. The minimum atomic E-state index is -0.458. The minimum Gasteiger partial charge on any atom is -0.497 e. The van der Waals surface area contributed by atoms with Gasteiger partial charge < -0.3 is 20.1 Å². The Bertz CT molecular complexity index is 935. The number of likely N-dealkylation sites (N-methyl/N-ethyl adjacent to an activating group) is 1. The van der Waals surface area contributed by atoms with Crippen LogP contribution >= 0.6 is 0 Å². The predicted molar refractivity (Wildman–Crippen MR) is 118 cm³/mol. The molecule has 0 spiro atoms. The van der Waals surface area contributed by atoms with Crippen LogP contribution in [0.1, 0.15) is 49.8 Å². The van der Waals surface area contributed by atoms with Crippen LogP contribution in [0.4, 0.5) is 5.82 Å². The molecule has 0 bridgehead atoms. The molecule has 2 N–H and O–H groups in total. The third-order valence-electron chi connectivity index (χ3n) is 6.18. The Morgan fingerprint density at radius 3 is 2.84 bits per heavy atom. The molecule has 8 nitrogen and oxygen atoms in total. The molecule has 2 aliphatic rings. The smallest absolute Gasteiger partial charge is 0.239 e. The van der Waals surface area contributed by atoms with Crippen LogP contribution in [-0.4, -0.2) is 58.8 Å². The molecule has 0 radical (unpaired) electrons. The molecule has 0 saturated heterocycles. The quantitative estimate of drug-likeness (QED) is 0.732. The Hall–Kier alpha value is -2.74. The van der Waals surface area contributed by atoms with Crippen LogP contribution in [-0.2, 0) is 17.6 Å². The molecule has 2 aromatic heterocycles. The van der Waals surface area contributed by atoms with Gasteiger partial charge in [-0.1, -0.05) is 12.8 Å². The molecule has 4 rings (SSSR count). The summed E-state index contributed by atoms with van der Waals surface area (Å²) >= 11 is 0. The van der Waals surface area contributed by atoms with Gasteiger partial charge in [0, 0.05) is 30.6 Å². The largest absolute Gasteiger partial charge is 0.497 e. The number of amides is 1. The maximum absolute atomic E-state index is 12.7. The SMILES string of the molecule is COc1ccnc(-c2nc3c(c(N(C)CC(=O)N[C@@H]4CCCC[C@@H]4O)n2)CCCC3)c1. The van der Waals surface area contributed by atoms with Crippen LogP contribution < -0.4 is 15.0 Å². The van der Waals surface area contributed by atoms with Crippen LogP contribution in [0.15, 0.2) is 18.3 Å². The molecule has 8 heteroatoms. The summed E-state index contributed by atoms with van der Waals surface area (Å²) in [6.45, 7) is 0.178. The van der Waals surface area contributed by atoms with Crippen molar-refractivity contribution < 1.29 is 14.6 Å². The molecule has 0 unspecified atom stereocenters. The Morgan fingerprint density at radius 2 is 2.03 bits per heavy atom. The second kappa shape index (κ2) is 9.60. The summed E-state index contributed by atoms with van der Waals surface area (Å²) in [4.78, 5) is 28.6. The maximum Gasteiger partial charge on any atom is 0.239 e. The van der Waals surface area contributed by atoms with Crippen molar-refractivity contribution in [3.8, 4) is 17.3 Å². The normalized spacial score (nSPS) is 20.6. The molecule has 2 heterocycles. The lowest BCUT2D eigenvalue weighted by molar-refractivity contribution is -0.121.